The summed E-state index contributed by atoms with van der Waals surface area (Å²) in [6, 6.07) is 5.69. The van der Waals surface area contributed by atoms with Gasteiger partial charge in [-0.1, -0.05) is 12.1 Å². The van der Waals surface area contributed by atoms with Crippen molar-refractivity contribution in [2.24, 2.45) is 17.8 Å². The molecule has 184 valence electrons. The Morgan fingerprint density at radius 3 is 2.79 bits per heavy atom. The van der Waals surface area contributed by atoms with Crippen LogP contribution < -0.4 is 9.47 Å². The van der Waals surface area contributed by atoms with Crippen LogP contribution in [0.3, 0.4) is 0 Å². The number of aromatic nitrogens is 1. The fourth-order valence-electron chi connectivity index (χ4n) is 5.16. The zero-order valence-electron chi connectivity index (χ0n) is 18.4. The van der Waals surface area contributed by atoms with E-state index < -0.39 is 12.5 Å². The summed E-state index contributed by atoms with van der Waals surface area (Å²) in [5.74, 6) is 1.27. The van der Waals surface area contributed by atoms with E-state index in [2.05, 4.69) is 14.6 Å². The van der Waals surface area contributed by atoms with Crippen molar-refractivity contribution in [2.75, 3.05) is 32.8 Å². The molecule has 1 aromatic carbocycles. The van der Waals surface area contributed by atoms with Crippen molar-refractivity contribution in [2.45, 2.75) is 31.9 Å². The molecule has 7 nitrogen and oxygen atoms in total. The van der Waals surface area contributed by atoms with Crippen LogP contribution in [0.1, 0.15) is 18.4 Å². The van der Waals surface area contributed by atoms with E-state index >= 15 is 0 Å². The summed E-state index contributed by atoms with van der Waals surface area (Å²) in [6.45, 7) is 4.38. The first-order chi connectivity index (χ1) is 16.3. The molecule has 0 spiro atoms. The van der Waals surface area contributed by atoms with Crippen LogP contribution >= 0.6 is 11.3 Å². The van der Waals surface area contributed by atoms with E-state index in [9.17, 15) is 18.0 Å². The number of carbonyl (C=O) groups is 1. The number of rotatable bonds is 8. The number of carbonyl (C=O) groups excluding carboxylic acids is 1. The third-order valence-corrected chi connectivity index (χ3v) is 7.29. The van der Waals surface area contributed by atoms with Crippen molar-refractivity contribution in [3.8, 4) is 11.6 Å². The number of nitrogens with zero attached hydrogens (tertiary/aromatic N) is 3. The van der Waals surface area contributed by atoms with Crippen molar-refractivity contribution < 1.29 is 32.2 Å². The number of likely N-dealkylation sites (tertiary alicyclic amines) is 1. The summed E-state index contributed by atoms with van der Waals surface area (Å²) >= 11 is 1.31. The van der Waals surface area contributed by atoms with Gasteiger partial charge in [-0.15, -0.1) is 24.5 Å². The van der Waals surface area contributed by atoms with Gasteiger partial charge in [-0.05, 0) is 48.3 Å². The summed E-state index contributed by atoms with van der Waals surface area (Å²) in [5.41, 5.74) is 2.10. The van der Waals surface area contributed by atoms with Gasteiger partial charge in [0, 0.05) is 39.3 Å². The second kappa shape index (κ2) is 9.71. The molecule has 3 heterocycles. The Bertz CT molecular complexity index is 972. The Labute approximate surface area is 199 Å². The molecule has 3 fully saturated rings. The standard InChI is InChI=1S/C23H26F3N3O4S/c24-23(25,26)33-16-4-1-3-15(7-16)8-29(22(30)32-21-13-34-14-27-21)12-20-18-10-28(11-19(18)20)9-17-5-2-6-31-17/h1,3-4,7,13-14,17-20H,2,5-6,8-12H2. The predicted octanol–water partition coefficient (Wildman–Crippen LogP) is 4.40. The number of halogens is 3. The first-order valence-corrected chi connectivity index (χ1v) is 12.3. The molecule has 0 bridgehead atoms. The maximum absolute atomic E-state index is 12.9. The third kappa shape index (κ3) is 5.81. The number of fused-ring (bicyclic) bond motifs is 1. The number of thiazole rings is 1. The van der Waals surface area contributed by atoms with E-state index in [1.165, 1.54) is 29.5 Å². The minimum Gasteiger partial charge on any atom is -0.406 e. The first kappa shape index (κ1) is 23.4. The molecule has 3 aliphatic rings. The number of ether oxygens (including phenoxy) is 3. The molecule has 1 saturated carbocycles. The average Bonchev–Trinajstić information content (AvgIpc) is 3.30. The van der Waals surface area contributed by atoms with Gasteiger partial charge < -0.3 is 24.0 Å². The quantitative estimate of drug-likeness (QED) is 0.539. The van der Waals surface area contributed by atoms with Gasteiger partial charge in [-0.25, -0.2) is 9.78 Å². The van der Waals surface area contributed by atoms with Gasteiger partial charge in [0.2, 0.25) is 5.88 Å². The summed E-state index contributed by atoms with van der Waals surface area (Å²) < 4.78 is 53.1. The van der Waals surface area contributed by atoms with Gasteiger partial charge in [-0.2, -0.15) is 0 Å². The molecule has 2 aliphatic heterocycles. The van der Waals surface area contributed by atoms with Crippen LogP contribution in [0, 0.1) is 17.8 Å². The molecule has 1 aromatic heterocycles. The highest BCUT2D eigenvalue weighted by molar-refractivity contribution is 7.07. The minimum absolute atomic E-state index is 0.119. The van der Waals surface area contributed by atoms with Crippen LogP contribution in [0.4, 0.5) is 18.0 Å². The van der Waals surface area contributed by atoms with E-state index in [0.717, 1.165) is 39.1 Å². The average molecular weight is 498 g/mol. The van der Waals surface area contributed by atoms with Crippen molar-refractivity contribution in [3.63, 3.8) is 0 Å². The topological polar surface area (TPSA) is 64.1 Å². The first-order valence-electron chi connectivity index (χ1n) is 11.4. The Morgan fingerprint density at radius 1 is 1.29 bits per heavy atom. The van der Waals surface area contributed by atoms with Crippen LogP contribution in [-0.4, -0.2) is 66.1 Å². The SMILES string of the molecule is O=C(Oc1cscn1)N(Cc1cccc(OC(F)(F)F)c1)CC1C2CN(CC3CCCO3)CC21. The van der Waals surface area contributed by atoms with Crippen molar-refractivity contribution in [1.82, 2.24) is 14.8 Å². The normalized spacial score (nSPS) is 26.3. The predicted molar refractivity (Wildman–Crippen MR) is 118 cm³/mol. The minimum atomic E-state index is -4.78. The largest absolute Gasteiger partial charge is 0.573 e. The Hall–Kier alpha value is -2.37. The number of hydrogen-bond acceptors (Lipinski definition) is 7. The van der Waals surface area contributed by atoms with Crippen molar-refractivity contribution in [1.29, 1.82) is 0 Å². The van der Waals surface area contributed by atoms with Gasteiger partial charge >= 0.3 is 12.5 Å². The van der Waals surface area contributed by atoms with Gasteiger partial charge in [0.15, 0.2) is 0 Å². The Morgan fingerprint density at radius 2 is 2.12 bits per heavy atom. The van der Waals surface area contributed by atoms with E-state index in [1.807, 2.05) is 0 Å². The Balaban J connectivity index is 1.22. The lowest BCUT2D eigenvalue weighted by Gasteiger charge is -2.26. The molecule has 11 heteroatoms. The highest BCUT2D eigenvalue weighted by atomic mass is 32.1. The summed E-state index contributed by atoms with van der Waals surface area (Å²) in [5, 5.41) is 1.63. The van der Waals surface area contributed by atoms with E-state index in [-0.39, 0.29) is 18.2 Å². The molecule has 2 aromatic rings. The molecule has 5 rings (SSSR count). The fourth-order valence-corrected chi connectivity index (χ4v) is 5.61. The maximum atomic E-state index is 12.9. The Kier molecular flexibility index (Phi) is 6.67. The fraction of sp³-hybridized carbons (Fsp3) is 0.565. The zero-order chi connectivity index (χ0) is 23.7. The molecule has 3 unspecified atom stereocenters. The second-order valence-corrected chi connectivity index (χ2v) is 9.83. The van der Waals surface area contributed by atoms with Crippen LogP contribution in [-0.2, 0) is 11.3 Å². The summed E-state index contributed by atoms with van der Waals surface area (Å²) in [7, 11) is 0. The van der Waals surface area contributed by atoms with Crippen molar-refractivity contribution >= 4 is 17.4 Å². The van der Waals surface area contributed by atoms with Crippen LogP contribution in [0.25, 0.3) is 0 Å². The van der Waals surface area contributed by atoms with E-state index in [1.54, 1.807) is 21.9 Å². The molecule has 34 heavy (non-hydrogen) atoms. The third-order valence-electron chi connectivity index (χ3n) is 6.73. The molecule has 1 amide bonds. The molecule has 2 saturated heterocycles. The molecular weight excluding hydrogens is 471 g/mol. The highest BCUT2D eigenvalue weighted by Gasteiger charge is 2.56. The molecule has 3 atom stereocenters. The molecule has 0 radical (unpaired) electrons. The van der Waals surface area contributed by atoms with Crippen molar-refractivity contribution in [3.05, 3.63) is 40.7 Å². The van der Waals surface area contributed by atoms with E-state index in [4.69, 9.17) is 9.47 Å². The van der Waals surface area contributed by atoms with Gasteiger partial charge in [0.1, 0.15) is 5.75 Å². The smallest absolute Gasteiger partial charge is 0.406 e. The van der Waals surface area contributed by atoms with Gasteiger partial charge in [-0.3, -0.25) is 0 Å². The molecular formula is C23H26F3N3O4S. The number of piperidine rings is 1. The highest BCUT2D eigenvalue weighted by Crippen LogP contribution is 2.52. The summed E-state index contributed by atoms with van der Waals surface area (Å²) in [4.78, 5) is 20.9. The lowest BCUT2D eigenvalue weighted by molar-refractivity contribution is -0.274. The van der Waals surface area contributed by atoms with Crippen LogP contribution in [0.5, 0.6) is 11.6 Å². The van der Waals surface area contributed by atoms with Crippen LogP contribution in [0.2, 0.25) is 0 Å². The van der Waals surface area contributed by atoms with Gasteiger partial charge in [0.25, 0.3) is 0 Å². The monoisotopic (exact) mass is 497 g/mol. The number of amides is 1. The number of benzene rings is 1. The lowest BCUT2D eigenvalue weighted by atomic mass is 10.1. The molecule has 0 N–H and O–H groups in total. The lowest BCUT2D eigenvalue weighted by Crippen LogP contribution is -2.38. The molecule has 1 aliphatic carbocycles. The number of hydrogen-bond donors (Lipinski definition) is 0. The van der Waals surface area contributed by atoms with E-state index in [0.29, 0.717) is 36.0 Å². The van der Waals surface area contributed by atoms with Gasteiger partial charge in [0.05, 0.1) is 17.0 Å². The number of alkyl halides is 3. The maximum Gasteiger partial charge on any atom is 0.573 e. The van der Waals surface area contributed by atoms with Crippen LogP contribution in [0.15, 0.2) is 35.2 Å². The zero-order valence-corrected chi connectivity index (χ0v) is 19.3. The second-order valence-electron chi connectivity index (χ2n) is 9.12. The summed E-state index contributed by atoms with van der Waals surface area (Å²) in [6.07, 6.45) is -2.77.